The van der Waals surface area contributed by atoms with Gasteiger partial charge < -0.3 is 15.5 Å². The van der Waals surface area contributed by atoms with Gasteiger partial charge in [0.15, 0.2) is 0 Å². The zero-order valence-electron chi connectivity index (χ0n) is 12.5. The summed E-state index contributed by atoms with van der Waals surface area (Å²) in [6.45, 7) is 8.32. The Balaban J connectivity index is 1.41. The molecule has 0 aromatic carbocycles. The Bertz CT molecular complexity index is 462. The molecule has 20 heavy (non-hydrogen) atoms. The highest BCUT2D eigenvalue weighted by molar-refractivity contribution is 5.96. The molecule has 3 aliphatic rings. The molecule has 0 aromatic rings. The molecule has 1 saturated carbocycles. The maximum Gasteiger partial charge on any atom is 0.252 e. The molecule has 1 aliphatic carbocycles. The van der Waals surface area contributed by atoms with E-state index in [1.165, 1.54) is 37.9 Å². The van der Waals surface area contributed by atoms with Crippen LogP contribution in [0.25, 0.3) is 0 Å². The van der Waals surface area contributed by atoms with Crippen molar-refractivity contribution in [3.05, 3.63) is 23.4 Å². The number of dihydropyridines is 1. The molecule has 1 saturated heterocycles. The molecule has 2 heterocycles. The van der Waals surface area contributed by atoms with Crippen molar-refractivity contribution in [3.8, 4) is 0 Å². The molecule has 3 rings (SSSR count). The van der Waals surface area contributed by atoms with Crippen LogP contribution in [0.3, 0.4) is 0 Å². The van der Waals surface area contributed by atoms with Crippen LogP contribution in [0.1, 0.15) is 33.1 Å². The summed E-state index contributed by atoms with van der Waals surface area (Å²) in [4.78, 5) is 14.6. The molecule has 2 N–H and O–H groups in total. The van der Waals surface area contributed by atoms with Crippen LogP contribution in [0.4, 0.5) is 0 Å². The van der Waals surface area contributed by atoms with E-state index < -0.39 is 0 Å². The van der Waals surface area contributed by atoms with Gasteiger partial charge in [0, 0.05) is 31.9 Å². The van der Waals surface area contributed by atoms with Gasteiger partial charge in [-0.25, -0.2) is 0 Å². The third kappa shape index (κ3) is 2.90. The zero-order valence-corrected chi connectivity index (χ0v) is 12.5. The molecule has 4 heteroatoms. The topological polar surface area (TPSA) is 44.4 Å². The van der Waals surface area contributed by atoms with E-state index in [0.717, 1.165) is 18.7 Å². The van der Waals surface area contributed by atoms with Crippen molar-refractivity contribution in [1.29, 1.82) is 0 Å². The normalized spacial score (nSPS) is 27.8. The second-order valence-electron chi connectivity index (χ2n) is 6.66. The summed E-state index contributed by atoms with van der Waals surface area (Å²) in [5.74, 6) is 0.0316. The van der Waals surface area contributed by atoms with Crippen LogP contribution in [0.15, 0.2) is 23.4 Å². The SMILES string of the molecule is CC1=CC(C(=O)NCCN2CCC3(CC3)C2)=CNC1C. The number of rotatable bonds is 4. The Labute approximate surface area is 121 Å². The number of hydrogen-bond acceptors (Lipinski definition) is 3. The standard InChI is InChI=1S/C16H25N3O/c1-12-9-14(10-18-13(12)2)15(20)17-6-8-19-7-5-16(11-19)3-4-16/h9-10,13,18H,3-8,11H2,1-2H3,(H,17,20). The highest BCUT2D eigenvalue weighted by Gasteiger charge is 2.47. The van der Waals surface area contributed by atoms with Crippen LogP contribution >= 0.6 is 0 Å². The number of nitrogens with zero attached hydrogens (tertiary/aromatic N) is 1. The smallest absolute Gasteiger partial charge is 0.252 e. The highest BCUT2D eigenvalue weighted by Crippen LogP contribution is 2.52. The molecular weight excluding hydrogens is 250 g/mol. The Kier molecular flexibility index (Phi) is 3.59. The summed E-state index contributed by atoms with van der Waals surface area (Å²) < 4.78 is 0. The van der Waals surface area contributed by atoms with Gasteiger partial charge in [0.25, 0.3) is 5.91 Å². The first-order chi connectivity index (χ1) is 9.58. The predicted molar refractivity (Wildman–Crippen MR) is 80.2 cm³/mol. The van der Waals surface area contributed by atoms with Gasteiger partial charge in [-0.1, -0.05) is 5.57 Å². The summed E-state index contributed by atoms with van der Waals surface area (Å²) in [5.41, 5.74) is 2.61. The third-order valence-corrected chi connectivity index (χ3v) is 5.01. The highest BCUT2D eigenvalue weighted by atomic mass is 16.1. The third-order valence-electron chi connectivity index (χ3n) is 5.01. The molecule has 0 aromatic heterocycles. The van der Waals surface area contributed by atoms with Crippen molar-refractivity contribution in [2.24, 2.45) is 5.41 Å². The second-order valence-corrected chi connectivity index (χ2v) is 6.66. The lowest BCUT2D eigenvalue weighted by atomic mass is 10.0. The van der Waals surface area contributed by atoms with Crippen molar-refractivity contribution in [3.63, 3.8) is 0 Å². The van der Waals surface area contributed by atoms with Gasteiger partial charge >= 0.3 is 0 Å². The monoisotopic (exact) mass is 275 g/mol. The first-order valence-electron chi connectivity index (χ1n) is 7.73. The van der Waals surface area contributed by atoms with Crippen molar-refractivity contribution in [1.82, 2.24) is 15.5 Å². The average Bonchev–Trinajstić information content (AvgIpc) is 3.06. The number of nitrogens with one attached hydrogen (secondary N) is 2. The van der Waals surface area contributed by atoms with E-state index in [-0.39, 0.29) is 5.91 Å². The Morgan fingerprint density at radius 1 is 1.50 bits per heavy atom. The van der Waals surface area contributed by atoms with Crippen LogP contribution in [0, 0.1) is 5.41 Å². The van der Waals surface area contributed by atoms with E-state index in [4.69, 9.17) is 0 Å². The number of hydrogen-bond donors (Lipinski definition) is 2. The van der Waals surface area contributed by atoms with Gasteiger partial charge in [0.1, 0.15) is 0 Å². The number of likely N-dealkylation sites (tertiary alicyclic amines) is 1. The van der Waals surface area contributed by atoms with Crippen molar-refractivity contribution >= 4 is 5.91 Å². The fraction of sp³-hybridized carbons (Fsp3) is 0.688. The minimum absolute atomic E-state index is 0.0316. The van der Waals surface area contributed by atoms with Gasteiger partial charge in [-0.2, -0.15) is 0 Å². The minimum Gasteiger partial charge on any atom is -0.384 e. The Morgan fingerprint density at radius 2 is 2.30 bits per heavy atom. The first-order valence-corrected chi connectivity index (χ1v) is 7.73. The minimum atomic E-state index is 0.0316. The zero-order chi connectivity index (χ0) is 14.2. The molecule has 1 spiro atoms. The van der Waals surface area contributed by atoms with E-state index in [0.29, 0.717) is 11.5 Å². The maximum atomic E-state index is 12.1. The molecule has 2 fully saturated rings. The summed E-state index contributed by atoms with van der Waals surface area (Å²) in [7, 11) is 0. The average molecular weight is 275 g/mol. The number of amides is 1. The molecule has 1 atom stereocenters. The molecule has 1 unspecified atom stereocenters. The van der Waals surface area contributed by atoms with Crippen LogP contribution in [-0.4, -0.2) is 43.0 Å². The van der Waals surface area contributed by atoms with Gasteiger partial charge in [-0.05, 0) is 51.1 Å². The van der Waals surface area contributed by atoms with Gasteiger partial charge in [0.05, 0.1) is 5.57 Å². The predicted octanol–water partition coefficient (Wildman–Crippen LogP) is 1.41. The lowest BCUT2D eigenvalue weighted by Gasteiger charge is -2.20. The van der Waals surface area contributed by atoms with Crippen LogP contribution in [0.5, 0.6) is 0 Å². The summed E-state index contributed by atoms with van der Waals surface area (Å²) in [6.07, 6.45) is 7.98. The lowest BCUT2D eigenvalue weighted by molar-refractivity contribution is -0.117. The first kappa shape index (κ1) is 13.7. The van der Waals surface area contributed by atoms with E-state index in [1.54, 1.807) is 0 Å². The van der Waals surface area contributed by atoms with Gasteiger partial charge in [-0.15, -0.1) is 0 Å². The summed E-state index contributed by atoms with van der Waals surface area (Å²) in [6, 6.07) is 0.325. The fourth-order valence-electron chi connectivity index (χ4n) is 3.12. The Morgan fingerprint density at radius 3 is 2.95 bits per heavy atom. The summed E-state index contributed by atoms with van der Waals surface area (Å²) >= 11 is 0. The Hall–Kier alpha value is -1.29. The van der Waals surface area contributed by atoms with E-state index in [9.17, 15) is 4.79 Å². The van der Waals surface area contributed by atoms with Crippen LogP contribution < -0.4 is 10.6 Å². The second kappa shape index (κ2) is 5.24. The lowest BCUT2D eigenvalue weighted by Crippen LogP contribution is -2.36. The van der Waals surface area contributed by atoms with Crippen LogP contribution in [-0.2, 0) is 4.79 Å². The van der Waals surface area contributed by atoms with Gasteiger partial charge in [-0.3, -0.25) is 4.79 Å². The van der Waals surface area contributed by atoms with E-state index >= 15 is 0 Å². The maximum absolute atomic E-state index is 12.1. The van der Waals surface area contributed by atoms with Crippen molar-refractivity contribution in [2.75, 3.05) is 26.2 Å². The molecule has 0 bridgehead atoms. The van der Waals surface area contributed by atoms with Crippen LogP contribution in [0.2, 0.25) is 0 Å². The molecule has 1 amide bonds. The van der Waals surface area contributed by atoms with Crippen molar-refractivity contribution in [2.45, 2.75) is 39.2 Å². The molecular formula is C16H25N3O. The molecule has 110 valence electrons. The van der Waals surface area contributed by atoms with E-state index in [2.05, 4.69) is 29.4 Å². The van der Waals surface area contributed by atoms with E-state index in [1.807, 2.05) is 12.3 Å². The molecule has 0 radical (unpaired) electrons. The molecule has 4 nitrogen and oxygen atoms in total. The summed E-state index contributed by atoms with van der Waals surface area (Å²) in [5, 5.41) is 6.24. The molecule has 2 aliphatic heterocycles. The quantitative estimate of drug-likeness (QED) is 0.815. The van der Waals surface area contributed by atoms with Crippen molar-refractivity contribution < 1.29 is 4.79 Å². The number of carbonyl (C=O) groups is 1. The van der Waals surface area contributed by atoms with Gasteiger partial charge in [0.2, 0.25) is 0 Å². The fourth-order valence-corrected chi connectivity index (χ4v) is 3.12. The number of carbonyl (C=O) groups excluding carboxylic acids is 1. The largest absolute Gasteiger partial charge is 0.384 e.